The summed E-state index contributed by atoms with van der Waals surface area (Å²) in [5, 5.41) is 0. The number of rotatable bonds is 54. The minimum Gasteiger partial charge on any atom is -0.462 e. The normalized spacial score (nSPS) is 13.1. The second-order valence-corrected chi connectivity index (χ2v) is 19.9. The zero-order chi connectivity index (χ0) is 54.3. The van der Waals surface area contributed by atoms with E-state index in [0.29, 0.717) is 19.3 Å². The molecule has 0 spiro atoms. The monoisotopic (exact) mass is 1040 g/mol. The molecule has 0 bridgehead atoms. The van der Waals surface area contributed by atoms with Crippen molar-refractivity contribution in [3.63, 3.8) is 0 Å². The molecular formula is C69H112O6. The van der Waals surface area contributed by atoms with Crippen molar-refractivity contribution in [1.29, 1.82) is 0 Å². The molecule has 6 heteroatoms. The fraction of sp³-hybridized carbons (Fsp3) is 0.638. The van der Waals surface area contributed by atoms with E-state index in [-0.39, 0.29) is 44.0 Å². The predicted octanol–water partition coefficient (Wildman–Crippen LogP) is 21.0. The third-order valence-electron chi connectivity index (χ3n) is 12.7. The number of unbranched alkanes of at least 4 members (excludes halogenated alkanes) is 21. The summed E-state index contributed by atoms with van der Waals surface area (Å²) in [4.78, 5) is 38.2. The van der Waals surface area contributed by atoms with Crippen LogP contribution in [0.1, 0.15) is 265 Å². The molecule has 0 aliphatic rings. The molecule has 1 atom stereocenters. The summed E-state index contributed by atoms with van der Waals surface area (Å²) in [5.41, 5.74) is 0. The molecule has 424 valence electrons. The Hall–Kier alpha value is -4.45. The van der Waals surface area contributed by atoms with E-state index >= 15 is 0 Å². The zero-order valence-electron chi connectivity index (χ0n) is 48.5. The maximum atomic E-state index is 12.9. The van der Waals surface area contributed by atoms with E-state index in [0.717, 1.165) is 96.3 Å². The van der Waals surface area contributed by atoms with Gasteiger partial charge in [-0.15, -0.1) is 0 Å². The summed E-state index contributed by atoms with van der Waals surface area (Å²) in [7, 11) is 0. The van der Waals surface area contributed by atoms with Crippen molar-refractivity contribution >= 4 is 17.9 Å². The van der Waals surface area contributed by atoms with Crippen molar-refractivity contribution < 1.29 is 28.6 Å². The van der Waals surface area contributed by atoms with Crippen molar-refractivity contribution in [1.82, 2.24) is 0 Å². The summed E-state index contributed by atoms with van der Waals surface area (Å²) < 4.78 is 16.8. The lowest BCUT2D eigenvalue weighted by atomic mass is 10.0. The molecule has 1 unspecified atom stereocenters. The average Bonchev–Trinajstić information content (AvgIpc) is 3.41. The molecule has 0 saturated heterocycles. The third kappa shape index (κ3) is 60.3. The van der Waals surface area contributed by atoms with Crippen LogP contribution in [0.5, 0.6) is 0 Å². The lowest BCUT2D eigenvalue weighted by molar-refractivity contribution is -0.166. The Bertz CT molecular complexity index is 1620. The molecule has 0 saturated carbocycles. The summed E-state index contributed by atoms with van der Waals surface area (Å²) >= 11 is 0. The standard InChI is InChI=1S/C69H112O6/c1-4-7-10-13-16-19-22-25-27-29-31-33-34-36-37-39-41-44-47-50-53-56-59-62-68(71)74-65-66(64-73-67(70)61-58-55-52-49-46-43-24-21-18-15-12-9-6-3)75-69(72)63-60-57-54-51-48-45-42-40-38-35-32-30-28-26-23-20-17-14-11-8-5-2/h7,9-10,12,16,18-19,21,25,27,31,33,36-37,41,43-44,46,50,52-53,55,66H,4-6,8,11,13-15,17,20,22-24,26,28-30,32,34-35,38-40,42,45,47-49,51,54,56-65H2,1-3H3/b10-7-,12-9-,19-16-,21-18-,27-25-,33-31-,37-36-,44-41-,46-43-,53-50-,55-52-. The molecule has 0 rings (SSSR count). The first-order valence-electron chi connectivity index (χ1n) is 30.7. The number of esters is 3. The number of carbonyl (C=O) groups is 3. The van der Waals surface area contributed by atoms with Crippen molar-refractivity contribution in [2.75, 3.05) is 13.2 Å². The van der Waals surface area contributed by atoms with E-state index < -0.39 is 6.10 Å². The lowest BCUT2D eigenvalue weighted by Crippen LogP contribution is -2.30. The minimum absolute atomic E-state index is 0.132. The Morgan fingerprint density at radius 3 is 0.880 bits per heavy atom. The fourth-order valence-electron chi connectivity index (χ4n) is 8.15. The first kappa shape index (κ1) is 70.5. The van der Waals surface area contributed by atoms with E-state index in [4.69, 9.17) is 14.2 Å². The van der Waals surface area contributed by atoms with E-state index in [1.807, 2.05) is 12.2 Å². The number of carbonyl (C=O) groups excluding carboxylic acids is 3. The van der Waals surface area contributed by atoms with Crippen LogP contribution in [0, 0.1) is 0 Å². The first-order valence-corrected chi connectivity index (χ1v) is 30.7. The van der Waals surface area contributed by atoms with Crippen LogP contribution in [0.15, 0.2) is 134 Å². The number of hydrogen-bond acceptors (Lipinski definition) is 6. The summed E-state index contributed by atoms with van der Waals surface area (Å²) in [5.74, 6) is -1.07. The van der Waals surface area contributed by atoms with Crippen LogP contribution in [0.3, 0.4) is 0 Å². The molecule has 0 fully saturated rings. The highest BCUT2D eigenvalue weighted by Gasteiger charge is 2.19. The Kier molecular flexibility index (Phi) is 58.4. The van der Waals surface area contributed by atoms with Gasteiger partial charge in [-0.25, -0.2) is 0 Å². The molecule has 0 aromatic heterocycles. The highest BCUT2D eigenvalue weighted by molar-refractivity contribution is 5.71. The lowest BCUT2D eigenvalue weighted by Gasteiger charge is -2.18. The average molecular weight is 1040 g/mol. The number of hydrogen-bond donors (Lipinski definition) is 0. The van der Waals surface area contributed by atoms with Crippen LogP contribution >= 0.6 is 0 Å². The molecule has 0 aliphatic heterocycles. The number of allylic oxidation sites excluding steroid dienone is 22. The SMILES string of the molecule is CC/C=C\C/C=C\C/C=C\C/C=C\C/C=C\C/C=C\C/C=C\CCCC(=O)OCC(COC(=O)CC/C=C\C/C=C\C/C=C\C/C=C\CC)OC(=O)CCCCCCCCCCCCCCCCCCCCCCC. The molecule has 0 heterocycles. The van der Waals surface area contributed by atoms with Gasteiger partial charge in [0.2, 0.25) is 0 Å². The van der Waals surface area contributed by atoms with Crippen molar-refractivity contribution in [2.24, 2.45) is 0 Å². The third-order valence-corrected chi connectivity index (χ3v) is 12.7. The molecule has 0 amide bonds. The van der Waals surface area contributed by atoms with Gasteiger partial charge in [0, 0.05) is 19.3 Å². The van der Waals surface area contributed by atoms with Crippen molar-refractivity contribution in [2.45, 2.75) is 271 Å². The summed E-state index contributed by atoms with van der Waals surface area (Å²) in [6, 6.07) is 0. The van der Waals surface area contributed by atoms with Crippen LogP contribution in [-0.2, 0) is 28.6 Å². The summed E-state index contributed by atoms with van der Waals surface area (Å²) in [6.07, 6.45) is 87.6. The van der Waals surface area contributed by atoms with Gasteiger partial charge in [-0.1, -0.05) is 283 Å². The molecule has 75 heavy (non-hydrogen) atoms. The van der Waals surface area contributed by atoms with Crippen molar-refractivity contribution in [3.05, 3.63) is 134 Å². The largest absolute Gasteiger partial charge is 0.462 e. The molecule has 0 aromatic rings. The smallest absolute Gasteiger partial charge is 0.306 e. The van der Waals surface area contributed by atoms with Gasteiger partial charge in [-0.05, 0) is 96.3 Å². The van der Waals surface area contributed by atoms with Crippen LogP contribution < -0.4 is 0 Å². The van der Waals surface area contributed by atoms with Gasteiger partial charge in [0.25, 0.3) is 0 Å². The molecule has 0 N–H and O–H groups in total. The molecule has 6 nitrogen and oxygen atoms in total. The Labute approximate surface area is 462 Å². The maximum Gasteiger partial charge on any atom is 0.306 e. The van der Waals surface area contributed by atoms with Crippen LogP contribution in [0.25, 0.3) is 0 Å². The Balaban J connectivity index is 4.49. The summed E-state index contributed by atoms with van der Waals surface area (Å²) in [6.45, 7) is 6.31. The molecule has 0 radical (unpaired) electrons. The van der Waals surface area contributed by atoms with Crippen LogP contribution in [-0.4, -0.2) is 37.2 Å². The molecular weight excluding hydrogens is 925 g/mol. The van der Waals surface area contributed by atoms with Gasteiger partial charge >= 0.3 is 17.9 Å². The fourth-order valence-corrected chi connectivity index (χ4v) is 8.15. The Morgan fingerprint density at radius 1 is 0.280 bits per heavy atom. The molecule has 0 aliphatic carbocycles. The first-order chi connectivity index (χ1) is 37.0. The van der Waals surface area contributed by atoms with Crippen LogP contribution in [0.2, 0.25) is 0 Å². The quantitative estimate of drug-likeness (QED) is 0.0261. The van der Waals surface area contributed by atoms with Gasteiger partial charge < -0.3 is 14.2 Å². The maximum absolute atomic E-state index is 12.9. The second kappa shape index (κ2) is 62.1. The van der Waals surface area contributed by atoms with Gasteiger partial charge in [0.1, 0.15) is 13.2 Å². The van der Waals surface area contributed by atoms with Gasteiger partial charge in [-0.3, -0.25) is 14.4 Å². The topological polar surface area (TPSA) is 78.9 Å². The second-order valence-electron chi connectivity index (χ2n) is 19.9. The van der Waals surface area contributed by atoms with Crippen molar-refractivity contribution in [3.8, 4) is 0 Å². The van der Waals surface area contributed by atoms with E-state index in [9.17, 15) is 14.4 Å². The number of ether oxygens (including phenoxy) is 3. The van der Waals surface area contributed by atoms with Gasteiger partial charge in [-0.2, -0.15) is 0 Å². The zero-order valence-corrected chi connectivity index (χ0v) is 48.5. The Morgan fingerprint density at radius 2 is 0.547 bits per heavy atom. The van der Waals surface area contributed by atoms with Gasteiger partial charge in [0.15, 0.2) is 6.10 Å². The van der Waals surface area contributed by atoms with E-state index in [1.54, 1.807) is 0 Å². The minimum atomic E-state index is -0.834. The molecule has 0 aromatic carbocycles. The highest BCUT2D eigenvalue weighted by atomic mass is 16.6. The van der Waals surface area contributed by atoms with E-state index in [1.165, 1.54) is 116 Å². The van der Waals surface area contributed by atoms with Crippen LogP contribution in [0.4, 0.5) is 0 Å². The highest BCUT2D eigenvalue weighted by Crippen LogP contribution is 2.16. The predicted molar refractivity (Wildman–Crippen MR) is 325 cm³/mol. The van der Waals surface area contributed by atoms with E-state index in [2.05, 4.69) is 142 Å². The van der Waals surface area contributed by atoms with Gasteiger partial charge in [0.05, 0.1) is 0 Å².